The third-order valence-corrected chi connectivity index (χ3v) is 3.60. The van der Waals surface area contributed by atoms with Crippen molar-refractivity contribution in [1.82, 2.24) is 0 Å². The molecule has 1 unspecified atom stereocenters. The summed E-state index contributed by atoms with van der Waals surface area (Å²) in [5.74, 6) is 0.634. The Morgan fingerprint density at radius 3 is 1.88 bits per heavy atom. The van der Waals surface area contributed by atoms with Gasteiger partial charge in [-0.15, -0.1) is 31.2 Å². The molecule has 0 radical (unpaired) electrons. The number of hydrogen-bond donors (Lipinski definition) is 0. The molecule has 0 aliphatic heterocycles. The Morgan fingerprint density at radius 2 is 1.62 bits per heavy atom. The van der Waals surface area contributed by atoms with Crippen LogP contribution in [0.25, 0.3) is 0 Å². The summed E-state index contributed by atoms with van der Waals surface area (Å²) in [4.78, 5) is 0. The van der Waals surface area contributed by atoms with Crippen LogP contribution < -0.4 is 0 Å². The van der Waals surface area contributed by atoms with Gasteiger partial charge >= 0.3 is 30.2 Å². The number of halogens is 2. The van der Waals surface area contributed by atoms with E-state index in [1.54, 1.807) is 34.5 Å². The van der Waals surface area contributed by atoms with E-state index in [1.807, 2.05) is 19.0 Å². The van der Waals surface area contributed by atoms with Gasteiger partial charge in [0, 0.05) is 0 Å². The Bertz CT molecular complexity index is 388. The molecule has 1 atom stereocenters. The van der Waals surface area contributed by atoms with Gasteiger partial charge in [0.1, 0.15) is 0 Å². The second-order valence-electron chi connectivity index (χ2n) is 4.65. The second kappa shape index (κ2) is 23.6. The van der Waals surface area contributed by atoms with Crippen LogP contribution in [0.2, 0.25) is 0 Å². The molecule has 142 valence electrons. The van der Waals surface area contributed by atoms with E-state index in [4.69, 9.17) is 0 Å². The number of hydrogen-bond acceptors (Lipinski definition) is 0. The van der Waals surface area contributed by atoms with Crippen LogP contribution in [-0.2, 0) is 23.3 Å². The van der Waals surface area contributed by atoms with Gasteiger partial charge in [0.25, 0.3) is 0 Å². The first-order valence-electron chi connectivity index (χ1n) is 7.70. The van der Waals surface area contributed by atoms with Crippen molar-refractivity contribution in [1.29, 1.82) is 0 Å². The number of allylic oxidation sites excluding steroid dienone is 8. The first-order chi connectivity index (χ1) is 9.78. The molecule has 0 aromatic heterocycles. The van der Waals surface area contributed by atoms with E-state index in [0.717, 1.165) is 12.8 Å². The summed E-state index contributed by atoms with van der Waals surface area (Å²) in [6.45, 7) is 11.0. The molecule has 0 spiro atoms. The molecule has 2 aliphatic rings. The van der Waals surface area contributed by atoms with Gasteiger partial charge in [-0.25, -0.2) is 17.7 Å². The molecule has 0 nitrogen and oxygen atoms in total. The topological polar surface area (TPSA) is 0 Å². The Hall–Kier alpha value is 0.640. The van der Waals surface area contributed by atoms with Crippen LogP contribution in [0.5, 0.6) is 0 Å². The zero-order valence-corrected chi connectivity index (χ0v) is 21.9. The molecule has 2 aliphatic carbocycles. The fourth-order valence-electron chi connectivity index (χ4n) is 2.69. The second-order valence-corrected chi connectivity index (χ2v) is 4.65. The van der Waals surface area contributed by atoms with E-state index >= 15 is 0 Å². The van der Waals surface area contributed by atoms with Gasteiger partial charge in [0.2, 0.25) is 0 Å². The SMILES string of the molecule is CCC1=[C-]C(CC)C(CC)=C1CC.Cl.Cl.[C-]1=CC=CC1.[CH3-].[CH3-].[SiH2]=[Zr]. The molecular formula is C20H36Cl2SiZr-4. The first kappa shape index (κ1) is 35.7. The Labute approximate surface area is 181 Å². The normalized spacial score (nSPS) is 16.0. The molecule has 0 saturated carbocycles. The van der Waals surface area contributed by atoms with Crippen molar-refractivity contribution in [2.24, 2.45) is 5.92 Å². The maximum atomic E-state index is 3.63. The quantitative estimate of drug-likeness (QED) is 0.332. The fraction of sp³-hybridized carbons (Fsp3) is 0.500. The van der Waals surface area contributed by atoms with Crippen LogP contribution in [-0.4, -0.2) is 6.88 Å². The average Bonchev–Trinajstić information content (AvgIpc) is 3.18. The van der Waals surface area contributed by atoms with Crippen LogP contribution >= 0.6 is 24.8 Å². The molecule has 0 fully saturated rings. The van der Waals surface area contributed by atoms with Crippen LogP contribution in [0.3, 0.4) is 0 Å². The summed E-state index contributed by atoms with van der Waals surface area (Å²) in [7, 11) is 0. The van der Waals surface area contributed by atoms with Crippen LogP contribution in [0, 0.1) is 32.9 Å². The van der Waals surface area contributed by atoms with E-state index in [1.165, 1.54) is 24.8 Å². The Balaban J connectivity index is -0.0000000944. The summed E-state index contributed by atoms with van der Waals surface area (Å²) in [5, 5.41) is 0. The third-order valence-electron chi connectivity index (χ3n) is 3.60. The zero-order valence-electron chi connectivity index (χ0n) is 16.4. The minimum atomic E-state index is 0. The standard InChI is InChI=1S/C13H21.C5H5.2CH3.2ClH.H2Si.Zr/c1-5-10-9-11(6-2)13(8-4)12(10)7-3;1-2-4-5-3-1;;;;;;/h10H,5-8H2,1-4H3;1-3H,4H2;2*1H3;2*1H;1H2;/q4*-1;;;;. The van der Waals surface area contributed by atoms with Crippen molar-refractivity contribution in [2.75, 3.05) is 0 Å². The molecule has 4 heteroatoms. The van der Waals surface area contributed by atoms with Crippen molar-refractivity contribution >= 4 is 31.7 Å². The molecular weight excluding hydrogens is 430 g/mol. The third kappa shape index (κ3) is 12.1. The van der Waals surface area contributed by atoms with Crippen molar-refractivity contribution in [3.8, 4) is 0 Å². The fourth-order valence-corrected chi connectivity index (χ4v) is 2.69. The van der Waals surface area contributed by atoms with E-state index in [9.17, 15) is 0 Å². The van der Waals surface area contributed by atoms with Crippen molar-refractivity contribution in [3.05, 3.63) is 62.0 Å². The minimum absolute atomic E-state index is 0. The van der Waals surface area contributed by atoms with E-state index in [2.05, 4.69) is 45.9 Å². The first-order valence-corrected chi connectivity index (χ1v) is 13.6. The summed E-state index contributed by atoms with van der Waals surface area (Å²) in [6, 6.07) is 0. The van der Waals surface area contributed by atoms with Crippen LogP contribution in [0.1, 0.15) is 59.8 Å². The van der Waals surface area contributed by atoms with E-state index in [-0.39, 0.29) is 39.7 Å². The van der Waals surface area contributed by atoms with Crippen molar-refractivity contribution in [2.45, 2.75) is 59.8 Å². The monoisotopic (exact) mass is 464 g/mol. The summed E-state index contributed by atoms with van der Waals surface area (Å²) >= 11 is 1.58. The van der Waals surface area contributed by atoms with E-state index < -0.39 is 0 Å². The summed E-state index contributed by atoms with van der Waals surface area (Å²) < 4.78 is 0. The molecule has 2 rings (SSSR count). The maximum absolute atomic E-state index is 3.63. The van der Waals surface area contributed by atoms with Crippen LogP contribution in [0.4, 0.5) is 0 Å². The van der Waals surface area contributed by atoms with E-state index in [0.29, 0.717) is 5.92 Å². The molecule has 0 heterocycles. The molecule has 0 N–H and O–H groups in total. The van der Waals surface area contributed by atoms with Gasteiger partial charge in [0.05, 0.1) is 0 Å². The van der Waals surface area contributed by atoms with Gasteiger partial charge in [0.15, 0.2) is 0 Å². The molecule has 0 aromatic rings. The molecule has 0 aromatic carbocycles. The predicted molar refractivity (Wildman–Crippen MR) is 116 cm³/mol. The molecule has 24 heavy (non-hydrogen) atoms. The van der Waals surface area contributed by atoms with Gasteiger partial charge in [-0.1, -0.05) is 59.3 Å². The number of rotatable bonds is 4. The van der Waals surface area contributed by atoms with Crippen molar-refractivity contribution < 1.29 is 23.3 Å². The summed E-state index contributed by atoms with van der Waals surface area (Å²) in [6.07, 6.45) is 18.4. The van der Waals surface area contributed by atoms with Gasteiger partial charge in [-0.3, -0.25) is 12.2 Å². The van der Waals surface area contributed by atoms with Gasteiger partial charge in [-0.05, 0) is 0 Å². The molecule has 0 amide bonds. The Morgan fingerprint density at radius 1 is 1.04 bits per heavy atom. The van der Waals surface area contributed by atoms with Crippen molar-refractivity contribution in [3.63, 3.8) is 0 Å². The summed E-state index contributed by atoms with van der Waals surface area (Å²) in [5.41, 5.74) is 4.75. The predicted octanol–water partition coefficient (Wildman–Crippen LogP) is 6.41. The zero-order chi connectivity index (χ0) is 15.4. The molecule has 0 bridgehead atoms. The van der Waals surface area contributed by atoms with Gasteiger partial charge in [-0.2, -0.15) is 17.2 Å². The Kier molecular flexibility index (Phi) is 35.2. The van der Waals surface area contributed by atoms with Crippen LogP contribution in [0.15, 0.2) is 34.9 Å². The average molecular weight is 467 g/mol. The van der Waals surface area contributed by atoms with Gasteiger partial charge < -0.3 is 14.9 Å². The molecule has 0 saturated heterocycles.